The van der Waals surface area contributed by atoms with Gasteiger partial charge in [-0.3, -0.25) is 4.57 Å². The first-order valence-corrected chi connectivity index (χ1v) is 24.4. The van der Waals surface area contributed by atoms with Gasteiger partial charge < -0.3 is 13.9 Å². The second kappa shape index (κ2) is 18.9. The van der Waals surface area contributed by atoms with Gasteiger partial charge in [0.1, 0.15) is 5.82 Å². The molecule has 0 bridgehead atoms. The molecule has 8 aromatic carbocycles. The van der Waals surface area contributed by atoms with Crippen LogP contribution < -0.4 is 9.30 Å². The standard InChI is InChI=1S/C67H60N4O.Pt/c1-44-20-17-29-60-63(44)70(64-55(46-23-15-12-16-24-46)27-19-28-56(64)48-36-50(66(5,6)7)39-51(37-48)67(8,9)10)43-69(60)52-25-18-26-53(41-52)72-54-31-32-57-58-38-47(45-21-13-11-14-22-45)30-33-59(58)71(61(57)42-54)62-40-49(34-35-68-62)65(2,3)4;/h11-40H,1-10H3;/q-2;/i1D3,12D,15D,16D,23D,24D;. The van der Waals surface area contributed by atoms with Crippen LogP contribution in [0.3, 0.4) is 0 Å². The zero-order valence-electron chi connectivity index (χ0n) is 50.4. The Hall–Kier alpha value is -7.33. The largest absolute Gasteiger partial charge is 0.510 e. The average molecular weight is 1140 g/mol. The molecule has 11 rings (SSSR count). The van der Waals surface area contributed by atoms with Crippen molar-refractivity contribution in [3.63, 3.8) is 0 Å². The summed E-state index contributed by atoms with van der Waals surface area (Å²) in [6.07, 6.45) is 5.39. The van der Waals surface area contributed by atoms with E-state index in [0.29, 0.717) is 39.5 Å². The predicted octanol–water partition coefficient (Wildman–Crippen LogP) is 16.8. The second-order valence-corrected chi connectivity index (χ2v) is 21.6. The molecule has 6 heteroatoms. The number of benzene rings is 8. The molecule has 0 saturated heterocycles. The summed E-state index contributed by atoms with van der Waals surface area (Å²) in [4.78, 5) is 4.91. The Morgan fingerprint density at radius 1 is 0.562 bits per heavy atom. The monoisotopic (exact) mass is 1140 g/mol. The smallest absolute Gasteiger partial charge is 0.268 e. The molecule has 0 aliphatic rings. The molecule has 0 N–H and O–H groups in total. The number of para-hydroxylation sites is 2. The maximum atomic E-state index is 9.29. The molecule has 73 heavy (non-hydrogen) atoms. The van der Waals surface area contributed by atoms with Crippen LogP contribution in [0.2, 0.25) is 0 Å². The molecule has 0 atom stereocenters. The van der Waals surface area contributed by atoms with E-state index in [1.807, 2.05) is 66.9 Å². The minimum atomic E-state index is -2.63. The van der Waals surface area contributed by atoms with Crippen molar-refractivity contribution in [3.8, 4) is 62.1 Å². The van der Waals surface area contributed by atoms with E-state index in [0.717, 1.165) is 61.0 Å². The van der Waals surface area contributed by atoms with Gasteiger partial charge in [0.25, 0.3) is 6.33 Å². The molecule has 0 fully saturated rings. The van der Waals surface area contributed by atoms with Crippen LogP contribution in [0.25, 0.3) is 83.4 Å². The molecule has 0 saturated carbocycles. The van der Waals surface area contributed by atoms with Crippen molar-refractivity contribution in [1.82, 2.24) is 14.1 Å². The third kappa shape index (κ3) is 9.37. The van der Waals surface area contributed by atoms with Gasteiger partial charge in [0, 0.05) is 48.4 Å². The summed E-state index contributed by atoms with van der Waals surface area (Å²) in [6.45, 7) is 16.8. The van der Waals surface area contributed by atoms with E-state index < -0.39 is 37.1 Å². The number of fused-ring (bicyclic) bond motifs is 4. The number of aromatic nitrogens is 4. The minimum Gasteiger partial charge on any atom is -0.510 e. The molecule has 3 aromatic heterocycles. The maximum Gasteiger partial charge on any atom is 0.268 e. The van der Waals surface area contributed by atoms with E-state index in [9.17, 15) is 2.74 Å². The SMILES string of the molecule is [2H]c1c([2H])c([2H])c(-c2cccc(-c3cc(C(C)(C)C)cc(C(C)(C)C)c3)c2-[n+]2[c-]n(-c3[c-]c(Oc4[c-]c5c(cc4)c4cc(-c6ccccc6)ccc4n5-c4cc(C(C)(C)C)ccn4)ccc3)c3cccc(C([2H])([2H])[2H])c32)c([2H])c1[2H].[Pt]. The van der Waals surface area contributed by atoms with Gasteiger partial charge in [0.15, 0.2) is 0 Å². The van der Waals surface area contributed by atoms with E-state index >= 15 is 0 Å². The van der Waals surface area contributed by atoms with E-state index in [1.54, 1.807) is 33.4 Å². The molecule has 5 nitrogen and oxygen atoms in total. The van der Waals surface area contributed by atoms with Crippen molar-refractivity contribution < 1.29 is 41.3 Å². The summed E-state index contributed by atoms with van der Waals surface area (Å²) in [5, 5.41) is 2.00. The van der Waals surface area contributed by atoms with E-state index in [4.69, 9.17) is 17.9 Å². The molecule has 0 unspecified atom stereocenters. The molecule has 3 heterocycles. The van der Waals surface area contributed by atoms with Gasteiger partial charge in [-0.15, -0.1) is 29.7 Å². The summed E-state index contributed by atoms with van der Waals surface area (Å²) in [7, 11) is 0. The fourth-order valence-electron chi connectivity index (χ4n) is 9.53. The van der Waals surface area contributed by atoms with Crippen molar-refractivity contribution in [2.24, 2.45) is 0 Å². The van der Waals surface area contributed by atoms with Gasteiger partial charge in [-0.2, -0.15) is 18.2 Å². The Morgan fingerprint density at radius 3 is 1.96 bits per heavy atom. The van der Waals surface area contributed by atoms with Gasteiger partial charge in [0.2, 0.25) is 0 Å². The summed E-state index contributed by atoms with van der Waals surface area (Å²) in [5.41, 5.74) is 9.79. The molecule has 0 aliphatic heterocycles. The minimum absolute atomic E-state index is 0. The second-order valence-electron chi connectivity index (χ2n) is 21.6. The summed E-state index contributed by atoms with van der Waals surface area (Å²) < 4.78 is 83.8. The normalized spacial score (nSPS) is 13.9. The van der Waals surface area contributed by atoms with Crippen LogP contribution >= 0.6 is 0 Å². The number of pyridine rings is 1. The zero-order valence-corrected chi connectivity index (χ0v) is 44.7. The predicted molar refractivity (Wildman–Crippen MR) is 297 cm³/mol. The van der Waals surface area contributed by atoms with Gasteiger partial charge in [-0.05, 0) is 108 Å². The van der Waals surface area contributed by atoms with Crippen LogP contribution in [-0.2, 0) is 37.3 Å². The van der Waals surface area contributed by atoms with Crippen molar-refractivity contribution in [2.75, 3.05) is 0 Å². The number of hydrogen-bond donors (Lipinski definition) is 0. The number of nitrogens with zero attached hydrogens (tertiary/aromatic N) is 4. The van der Waals surface area contributed by atoms with Crippen LogP contribution in [0, 0.1) is 25.3 Å². The van der Waals surface area contributed by atoms with E-state index in [-0.39, 0.29) is 54.0 Å². The quantitative estimate of drug-likeness (QED) is 0.112. The topological polar surface area (TPSA) is 35.9 Å². The summed E-state index contributed by atoms with van der Waals surface area (Å²) >= 11 is 0. The molecule has 0 spiro atoms. The van der Waals surface area contributed by atoms with Crippen LogP contribution in [-0.4, -0.2) is 14.1 Å². The fourth-order valence-corrected chi connectivity index (χ4v) is 9.53. The van der Waals surface area contributed by atoms with E-state index in [1.165, 1.54) is 0 Å². The summed E-state index contributed by atoms with van der Waals surface area (Å²) in [5.74, 6) is 1.53. The fraction of sp³-hybridized carbons (Fsp3) is 0.194. The number of rotatable bonds is 8. The van der Waals surface area contributed by atoms with Crippen molar-refractivity contribution in [1.29, 1.82) is 0 Å². The molecular formula is C67H60N4OPt-2. The molecule has 0 amide bonds. The summed E-state index contributed by atoms with van der Waals surface area (Å²) in [6, 6.07) is 52.1. The zero-order chi connectivity index (χ0) is 57.0. The number of ether oxygens (including phenoxy) is 1. The first-order valence-electron chi connectivity index (χ1n) is 28.4. The van der Waals surface area contributed by atoms with Crippen LogP contribution in [0.15, 0.2) is 182 Å². The Kier molecular flexibility index (Phi) is 10.4. The Labute approximate surface area is 456 Å². The third-order valence-electron chi connectivity index (χ3n) is 13.5. The van der Waals surface area contributed by atoms with Crippen molar-refractivity contribution in [2.45, 2.75) is 85.4 Å². The molecule has 366 valence electrons. The Morgan fingerprint density at radius 2 is 1.25 bits per heavy atom. The van der Waals surface area contributed by atoms with Gasteiger partial charge in [-0.1, -0.05) is 195 Å². The van der Waals surface area contributed by atoms with Crippen LogP contribution in [0.1, 0.15) is 95.5 Å². The molecule has 0 aliphatic carbocycles. The van der Waals surface area contributed by atoms with Crippen LogP contribution in [0.4, 0.5) is 0 Å². The van der Waals surface area contributed by atoms with Crippen molar-refractivity contribution >= 4 is 32.8 Å². The first kappa shape index (κ1) is 40.2. The first-order chi connectivity index (χ1) is 37.8. The third-order valence-corrected chi connectivity index (χ3v) is 13.5. The average Bonchev–Trinajstić information content (AvgIpc) is 3.99. The molecule has 11 aromatic rings. The Balaban J connectivity index is 0.00000736. The van der Waals surface area contributed by atoms with Gasteiger partial charge in [0.05, 0.1) is 23.6 Å². The van der Waals surface area contributed by atoms with E-state index in [2.05, 4.69) is 146 Å². The number of aryl methyl sites for hydroxylation is 1. The maximum absolute atomic E-state index is 9.29. The molecule has 0 radical (unpaired) electrons. The number of imidazole rings is 1. The van der Waals surface area contributed by atoms with Gasteiger partial charge >= 0.3 is 0 Å². The van der Waals surface area contributed by atoms with Crippen molar-refractivity contribution in [3.05, 3.63) is 223 Å². The van der Waals surface area contributed by atoms with Gasteiger partial charge in [-0.25, -0.2) is 4.98 Å². The van der Waals surface area contributed by atoms with Crippen LogP contribution in [0.5, 0.6) is 11.5 Å². The molecular weight excluding hydrogens is 1070 g/mol. The Bertz CT molecular complexity index is 4210. The number of hydrogen-bond acceptors (Lipinski definition) is 2.